The third kappa shape index (κ3) is 5.53. The van der Waals surface area contributed by atoms with Crippen LogP contribution in [-0.2, 0) is 9.53 Å². The van der Waals surface area contributed by atoms with E-state index in [1.165, 1.54) is 0 Å². The molecule has 154 valence electrons. The predicted octanol–water partition coefficient (Wildman–Crippen LogP) is 4.01. The molecule has 28 heavy (non-hydrogen) atoms. The summed E-state index contributed by atoms with van der Waals surface area (Å²) >= 11 is 5.88. The van der Waals surface area contributed by atoms with E-state index in [0.717, 1.165) is 31.4 Å². The minimum Gasteiger partial charge on any atom is -0.487 e. The van der Waals surface area contributed by atoms with Crippen molar-refractivity contribution in [1.82, 2.24) is 10.2 Å². The molecule has 0 radical (unpaired) electrons. The molecular weight excluding hydrogens is 380 g/mol. The van der Waals surface area contributed by atoms with Crippen LogP contribution >= 0.6 is 11.6 Å². The van der Waals surface area contributed by atoms with Gasteiger partial charge < -0.3 is 19.7 Å². The predicted molar refractivity (Wildman–Crippen MR) is 108 cm³/mol. The molecule has 2 amide bonds. The molecule has 1 aliphatic carbocycles. The van der Waals surface area contributed by atoms with E-state index >= 15 is 0 Å². The molecule has 2 aliphatic rings. The maximum absolute atomic E-state index is 13.0. The van der Waals surface area contributed by atoms with Crippen LogP contribution in [0, 0.1) is 5.92 Å². The Morgan fingerprint density at radius 3 is 2.39 bits per heavy atom. The topological polar surface area (TPSA) is 67.9 Å². The number of nitrogens with zero attached hydrogens (tertiary/aromatic N) is 1. The van der Waals surface area contributed by atoms with Crippen molar-refractivity contribution in [1.29, 1.82) is 0 Å². The number of nitrogens with one attached hydrogen (secondary N) is 1. The molecule has 0 bridgehead atoms. The first-order valence-electron chi connectivity index (χ1n) is 9.92. The molecule has 2 atom stereocenters. The van der Waals surface area contributed by atoms with E-state index in [0.29, 0.717) is 18.1 Å². The highest BCUT2D eigenvalue weighted by Gasteiger charge is 2.40. The summed E-state index contributed by atoms with van der Waals surface area (Å²) in [6.45, 7) is 6.62. The van der Waals surface area contributed by atoms with Gasteiger partial charge in [0.15, 0.2) is 0 Å². The van der Waals surface area contributed by atoms with Crippen LogP contribution in [0.4, 0.5) is 4.79 Å². The van der Waals surface area contributed by atoms with E-state index in [9.17, 15) is 9.59 Å². The van der Waals surface area contributed by atoms with Gasteiger partial charge >= 0.3 is 6.09 Å². The molecule has 3 rings (SSSR count). The zero-order valence-corrected chi connectivity index (χ0v) is 17.5. The fourth-order valence-corrected chi connectivity index (χ4v) is 3.82. The molecule has 0 unspecified atom stereocenters. The molecule has 1 heterocycles. The Balaban J connectivity index is 1.51. The Morgan fingerprint density at radius 1 is 1.11 bits per heavy atom. The number of amides is 2. The van der Waals surface area contributed by atoms with Crippen molar-refractivity contribution in [2.24, 2.45) is 5.92 Å². The molecular formula is C21H29ClN2O4. The zero-order valence-electron chi connectivity index (χ0n) is 16.7. The molecule has 1 aliphatic heterocycles. The largest absolute Gasteiger partial charge is 0.487 e. The van der Waals surface area contributed by atoms with Crippen LogP contribution in [-0.4, -0.2) is 47.7 Å². The van der Waals surface area contributed by atoms with Crippen LogP contribution in [0.25, 0.3) is 0 Å². The van der Waals surface area contributed by atoms with Crippen LogP contribution in [0.15, 0.2) is 24.3 Å². The standard InChI is InChI=1S/C21H29ClN2O4/c1-21(2,3)28-20(26)23-18-7-5-4-6-17(18)19(25)24-12-16(13-24)27-15-10-8-14(22)9-11-15/h8-11,16-18H,4-7,12-13H2,1-3H3,(H,23,26)/t17-,18-/m1/s1. The third-order valence-corrected chi connectivity index (χ3v) is 5.31. The number of benzene rings is 1. The zero-order chi connectivity index (χ0) is 20.3. The second-order valence-electron chi connectivity index (χ2n) is 8.58. The number of ether oxygens (including phenoxy) is 2. The quantitative estimate of drug-likeness (QED) is 0.817. The summed E-state index contributed by atoms with van der Waals surface area (Å²) in [5.41, 5.74) is -0.554. The van der Waals surface area contributed by atoms with Gasteiger partial charge in [-0.05, 0) is 57.9 Å². The van der Waals surface area contributed by atoms with Gasteiger partial charge in [-0.25, -0.2) is 4.79 Å². The highest BCUT2D eigenvalue weighted by atomic mass is 35.5. The number of hydrogen-bond donors (Lipinski definition) is 1. The van der Waals surface area contributed by atoms with Crippen LogP contribution in [0.1, 0.15) is 46.5 Å². The summed E-state index contributed by atoms with van der Waals surface area (Å²) in [5, 5.41) is 3.58. The van der Waals surface area contributed by atoms with Gasteiger partial charge in [0, 0.05) is 11.1 Å². The van der Waals surface area contributed by atoms with Gasteiger partial charge in [-0.1, -0.05) is 24.4 Å². The van der Waals surface area contributed by atoms with Crippen molar-refractivity contribution in [3.05, 3.63) is 29.3 Å². The highest BCUT2D eigenvalue weighted by molar-refractivity contribution is 6.30. The average Bonchev–Trinajstić information content (AvgIpc) is 2.57. The van der Waals surface area contributed by atoms with Gasteiger partial charge in [0.05, 0.1) is 19.0 Å². The van der Waals surface area contributed by atoms with Gasteiger partial charge in [-0.15, -0.1) is 0 Å². The summed E-state index contributed by atoms with van der Waals surface area (Å²) in [7, 11) is 0. The number of likely N-dealkylation sites (tertiary alicyclic amines) is 1. The Morgan fingerprint density at radius 2 is 1.75 bits per heavy atom. The average molecular weight is 409 g/mol. The summed E-state index contributed by atoms with van der Waals surface area (Å²) < 4.78 is 11.2. The lowest BCUT2D eigenvalue weighted by molar-refractivity contribution is -0.146. The lowest BCUT2D eigenvalue weighted by Crippen LogP contribution is -2.60. The number of alkyl carbamates (subject to hydrolysis) is 1. The van der Waals surface area contributed by atoms with Gasteiger partial charge in [0.1, 0.15) is 17.5 Å². The maximum atomic E-state index is 13.0. The van der Waals surface area contributed by atoms with E-state index in [1.54, 1.807) is 12.1 Å². The molecule has 6 nitrogen and oxygen atoms in total. The molecule has 7 heteroatoms. The van der Waals surface area contributed by atoms with Gasteiger partial charge in [0.25, 0.3) is 0 Å². The summed E-state index contributed by atoms with van der Waals surface area (Å²) in [6.07, 6.45) is 3.14. The van der Waals surface area contributed by atoms with Crippen LogP contribution in [0.5, 0.6) is 5.75 Å². The van der Waals surface area contributed by atoms with Gasteiger partial charge in [0.2, 0.25) is 5.91 Å². The van der Waals surface area contributed by atoms with E-state index in [2.05, 4.69) is 5.32 Å². The Kier molecular flexibility index (Phi) is 6.38. The SMILES string of the molecule is CC(C)(C)OC(=O)N[C@@H]1CCCC[C@H]1C(=O)N1CC(Oc2ccc(Cl)cc2)C1. The number of carbonyl (C=O) groups is 2. The Bertz CT molecular complexity index is 695. The number of hydrogen-bond acceptors (Lipinski definition) is 4. The first-order valence-corrected chi connectivity index (χ1v) is 10.3. The first-order chi connectivity index (χ1) is 13.2. The van der Waals surface area contributed by atoms with E-state index < -0.39 is 11.7 Å². The van der Waals surface area contributed by atoms with Crippen molar-refractivity contribution in [2.75, 3.05) is 13.1 Å². The molecule has 0 aromatic heterocycles. The normalized spacial score (nSPS) is 22.9. The number of carbonyl (C=O) groups excluding carboxylic acids is 2. The van der Waals surface area contributed by atoms with Crippen molar-refractivity contribution in [3.63, 3.8) is 0 Å². The minimum absolute atomic E-state index is 0.00835. The third-order valence-electron chi connectivity index (χ3n) is 5.06. The van der Waals surface area contributed by atoms with E-state index in [-0.39, 0.29) is 24.0 Å². The summed E-state index contributed by atoms with van der Waals surface area (Å²) in [6, 6.07) is 7.05. The smallest absolute Gasteiger partial charge is 0.407 e. The lowest BCUT2D eigenvalue weighted by Gasteiger charge is -2.43. The molecule has 1 saturated carbocycles. The van der Waals surface area contributed by atoms with Gasteiger partial charge in [-0.3, -0.25) is 4.79 Å². The van der Waals surface area contributed by atoms with Crippen molar-refractivity contribution in [3.8, 4) is 5.75 Å². The molecule has 0 spiro atoms. The lowest BCUT2D eigenvalue weighted by atomic mass is 9.83. The van der Waals surface area contributed by atoms with E-state index in [4.69, 9.17) is 21.1 Å². The maximum Gasteiger partial charge on any atom is 0.407 e. The Hall–Kier alpha value is -1.95. The van der Waals surface area contributed by atoms with Gasteiger partial charge in [-0.2, -0.15) is 0 Å². The van der Waals surface area contributed by atoms with Crippen LogP contribution in [0.2, 0.25) is 5.02 Å². The van der Waals surface area contributed by atoms with Crippen LogP contribution in [0.3, 0.4) is 0 Å². The summed E-state index contributed by atoms with van der Waals surface area (Å²) in [4.78, 5) is 26.9. The first kappa shape index (κ1) is 20.8. The minimum atomic E-state index is -0.554. The molecule has 1 saturated heterocycles. The molecule has 2 fully saturated rings. The van der Waals surface area contributed by atoms with Crippen molar-refractivity contribution < 1.29 is 19.1 Å². The summed E-state index contributed by atoms with van der Waals surface area (Å²) in [5.74, 6) is 0.651. The van der Waals surface area contributed by atoms with E-state index in [1.807, 2.05) is 37.8 Å². The number of halogens is 1. The Labute approximate surface area is 171 Å². The molecule has 1 aromatic carbocycles. The van der Waals surface area contributed by atoms with Crippen molar-refractivity contribution >= 4 is 23.6 Å². The molecule has 1 N–H and O–H groups in total. The fraction of sp³-hybridized carbons (Fsp3) is 0.619. The highest BCUT2D eigenvalue weighted by Crippen LogP contribution is 2.29. The fourth-order valence-electron chi connectivity index (χ4n) is 3.69. The second-order valence-corrected chi connectivity index (χ2v) is 9.02. The molecule has 1 aromatic rings. The number of rotatable bonds is 4. The second kappa shape index (κ2) is 8.60. The van der Waals surface area contributed by atoms with Crippen LogP contribution < -0.4 is 10.1 Å². The monoisotopic (exact) mass is 408 g/mol. The van der Waals surface area contributed by atoms with Crippen molar-refractivity contribution in [2.45, 2.75) is 64.2 Å².